The van der Waals surface area contributed by atoms with E-state index in [0.717, 1.165) is 10.4 Å². The third-order valence-electron chi connectivity index (χ3n) is 13.1. The van der Waals surface area contributed by atoms with Crippen LogP contribution in [-0.4, -0.2) is 220 Å². The SMILES string of the molecule is C.C.C.C.C.C.C.C.C.C.C.C.C.C.C.C.C.C.C.C.C[Si](C)(C)O[Si](C)(C)O[Si](C)(C)C.C[Si](C)(C)O[Si](C)(C)O[Si](C)(C)O[Si](C)(C)C.C[Si](C)(C)O[Si](C)(C)O[Si](C)(C)O[Si](C)(C)C.C[Si](C)(C)O[Si](C)(C)O[Si](C)(C)O[Si](C)(O[Si](C)(C)C)c1ccccc1.C[Si](C)(C)O[Si](C)(C)O[Si](C)(O[Si](C)(C)O[Si](C)(C)C)O[Si](C)(O[Si](C)(C)O[Si](C)(C)C)O[Si](C)(O[Si](C)(C)C)c1ccccc1. The zero-order valence-corrected chi connectivity index (χ0v) is 114. The van der Waals surface area contributed by atoms with E-state index in [4.69, 9.17) is 86.4 Å². The first kappa shape index (κ1) is 200. The molecule has 2 aromatic rings. The lowest BCUT2D eigenvalue weighted by Crippen LogP contribution is -2.70. The van der Waals surface area contributed by atoms with Crippen molar-refractivity contribution in [2.24, 2.45) is 0 Å². The van der Waals surface area contributed by atoms with Crippen LogP contribution >= 0.6 is 0 Å². The number of hydrogen-bond donors (Lipinski definition) is 0. The maximum atomic E-state index is 7.32. The van der Waals surface area contributed by atoms with Crippen LogP contribution in [0, 0.1) is 0 Å². The maximum absolute atomic E-state index is 7.32. The Labute approximate surface area is 910 Å². The molecular formula is C92H270O21Si26. The molecule has 3 atom stereocenters. The van der Waals surface area contributed by atoms with E-state index in [2.05, 4.69) is 416 Å². The zero-order valence-electron chi connectivity index (χ0n) is 88.3. The Morgan fingerprint density at radius 1 is 0.108 bits per heavy atom. The van der Waals surface area contributed by atoms with Gasteiger partial charge in [-0.15, -0.1) is 0 Å². The van der Waals surface area contributed by atoms with Crippen molar-refractivity contribution in [3.63, 3.8) is 0 Å². The highest BCUT2D eigenvalue weighted by atomic mass is 28.6. The standard InChI is InChI=1S/C27H68O9Si10.C17H38O4Si5.2C10H30O3Si4.C8H24O2Si3.20CH4/c1-37(2,3)28-41(13,14)32-45(20,33-42(15,16)29-38(4,5)6)36-46(21,34-43(17,18)30-39(7,8)9)35-44(19,31-40(10,11)12)27-25-23-22-24-26-27;1-22(2,3)18-24(7,8)20-25(9,10)21-26(11,19-23(4,5)6)17-15-13-12-14-16-17;2*1-14(2,3)11-16(7,8)13-17(9,10)12-15(4,5)6;1-11(2,3)9-13(7,8)10-12(4,5)6;;;;;;;;;;;;;;;;;;;;/h22-26H,1-21H3;12-16H,1-11H3;2*1-10H3;1-8H3;20*1H4. The molecule has 0 saturated heterocycles. The van der Waals surface area contributed by atoms with Crippen LogP contribution in [0.25, 0.3) is 0 Å². The van der Waals surface area contributed by atoms with Crippen molar-refractivity contribution in [1.29, 1.82) is 0 Å². The molecule has 3 unspecified atom stereocenters. The lowest BCUT2D eigenvalue weighted by Gasteiger charge is -2.48. The summed E-state index contributed by atoms with van der Waals surface area (Å²) in [5.74, 6) is 0. The van der Waals surface area contributed by atoms with Gasteiger partial charge in [-0.1, -0.05) is 209 Å². The molecule has 0 heterocycles. The quantitative estimate of drug-likeness (QED) is 0.0568. The number of benzene rings is 2. The molecule has 0 aliphatic rings. The molecule has 0 spiro atoms. The van der Waals surface area contributed by atoms with E-state index in [9.17, 15) is 0 Å². The summed E-state index contributed by atoms with van der Waals surface area (Å²) in [4.78, 5) is 0. The van der Waals surface area contributed by atoms with Crippen molar-refractivity contribution in [2.45, 2.75) is 541 Å². The summed E-state index contributed by atoms with van der Waals surface area (Å²) in [6.45, 7) is 130. The van der Waals surface area contributed by atoms with Gasteiger partial charge >= 0.3 is 120 Å². The van der Waals surface area contributed by atoms with Gasteiger partial charge in [0.2, 0.25) is 0 Å². The Bertz CT molecular complexity index is 3130. The van der Waals surface area contributed by atoms with Crippen molar-refractivity contribution < 1.29 is 86.4 Å². The molecule has 139 heavy (non-hydrogen) atoms. The topological polar surface area (TPSA) is 194 Å². The van der Waals surface area contributed by atoms with Crippen LogP contribution in [0.2, 0.25) is 393 Å². The van der Waals surface area contributed by atoms with Crippen LogP contribution in [0.3, 0.4) is 0 Å². The summed E-state index contributed by atoms with van der Waals surface area (Å²) in [5.41, 5.74) is 0. The highest BCUT2D eigenvalue weighted by Crippen LogP contribution is 2.36. The highest BCUT2D eigenvalue weighted by molar-refractivity contribution is 6.99. The van der Waals surface area contributed by atoms with Crippen molar-refractivity contribution in [2.75, 3.05) is 0 Å². The van der Waals surface area contributed by atoms with Gasteiger partial charge < -0.3 is 86.4 Å². The molecule has 0 saturated carbocycles. The molecule has 0 amide bonds. The van der Waals surface area contributed by atoms with Gasteiger partial charge in [0.05, 0.1) is 0 Å². The van der Waals surface area contributed by atoms with Crippen LogP contribution in [0.5, 0.6) is 0 Å². The monoisotopic (exact) mass is 2440 g/mol. The molecular weight excluding hydrogens is 2170 g/mol. The Hall–Kier alpha value is 3.24. The van der Waals surface area contributed by atoms with Gasteiger partial charge in [0.25, 0.3) is 0 Å². The fraction of sp³-hybridized carbons (Fsp3) is 0.870. The minimum Gasteiger partial charge on any atom is -0.437 e. The minimum atomic E-state index is -3.67. The van der Waals surface area contributed by atoms with Crippen LogP contribution in [0.4, 0.5) is 0 Å². The lowest BCUT2D eigenvalue weighted by molar-refractivity contribution is 0.151. The molecule has 2 rings (SSSR count). The molecule has 0 radical (unpaired) electrons. The van der Waals surface area contributed by atoms with Crippen molar-refractivity contribution in [3.05, 3.63) is 60.7 Å². The third-order valence-corrected chi connectivity index (χ3v) is 99.7. The molecule has 21 nitrogen and oxygen atoms in total. The first-order chi connectivity index (χ1) is 51.1. The molecule has 0 aromatic heterocycles. The molecule has 47 heteroatoms. The van der Waals surface area contributed by atoms with Crippen LogP contribution in [-0.2, 0) is 86.4 Å². The first-order valence-electron chi connectivity index (χ1n) is 42.9. The summed E-state index contributed by atoms with van der Waals surface area (Å²) < 4.78 is 139. The van der Waals surface area contributed by atoms with Crippen molar-refractivity contribution >= 4 is 231 Å². The van der Waals surface area contributed by atoms with Gasteiger partial charge in [0.15, 0.2) is 99.8 Å². The van der Waals surface area contributed by atoms with E-state index in [0.29, 0.717) is 0 Å². The fourth-order valence-corrected chi connectivity index (χ4v) is 131. The van der Waals surface area contributed by atoms with Crippen LogP contribution < -0.4 is 10.4 Å². The van der Waals surface area contributed by atoms with E-state index in [1.165, 1.54) is 0 Å². The van der Waals surface area contributed by atoms with Gasteiger partial charge in [0, 0.05) is 13.1 Å². The van der Waals surface area contributed by atoms with E-state index < -0.39 is 220 Å². The predicted octanol–water partition coefficient (Wildman–Crippen LogP) is 38.1. The summed E-state index contributed by atoms with van der Waals surface area (Å²) in [5, 5.41) is 2.19. The van der Waals surface area contributed by atoms with Crippen LogP contribution in [0.15, 0.2) is 60.7 Å². The lowest BCUT2D eigenvalue weighted by atomic mass is 10.4. The largest absolute Gasteiger partial charge is 0.472 e. The second-order valence-electron chi connectivity index (χ2n) is 47.8. The van der Waals surface area contributed by atoms with Crippen LogP contribution in [0.1, 0.15) is 149 Å². The number of hydrogen-bond acceptors (Lipinski definition) is 21. The summed E-state index contributed by atoms with van der Waals surface area (Å²) >= 11 is 0. The Morgan fingerprint density at radius 2 is 0.216 bits per heavy atom. The van der Waals surface area contributed by atoms with Crippen molar-refractivity contribution in [1.82, 2.24) is 0 Å². The fourth-order valence-electron chi connectivity index (χ4n) is 14.9. The average Bonchev–Trinajstić information content (AvgIpc) is 0.763. The van der Waals surface area contributed by atoms with Crippen molar-refractivity contribution in [3.8, 4) is 0 Å². The Kier molecular flexibility index (Phi) is 104. The molecule has 0 N–H and O–H groups in total. The van der Waals surface area contributed by atoms with Gasteiger partial charge in [-0.25, -0.2) is 0 Å². The van der Waals surface area contributed by atoms with E-state index >= 15 is 0 Å². The summed E-state index contributed by atoms with van der Waals surface area (Å²) in [7, 11) is -56.4. The minimum absolute atomic E-state index is 0. The molecule has 0 bridgehead atoms. The van der Waals surface area contributed by atoms with Gasteiger partial charge in [0.1, 0.15) is 0 Å². The Morgan fingerprint density at radius 3 is 0.353 bits per heavy atom. The second kappa shape index (κ2) is 72.1. The molecule has 2 aromatic carbocycles. The third kappa shape index (κ3) is 111. The zero-order chi connectivity index (χ0) is 96.1. The van der Waals surface area contributed by atoms with Gasteiger partial charge in [-0.2, -0.15) is 0 Å². The summed E-state index contributed by atoms with van der Waals surface area (Å²) in [6.07, 6.45) is 0. The normalized spacial score (nSPS) is 14.0. The van der Waals surface area contributed by atoms with Gasteiger partial charge in [-0.3, -0.25) is 0 Å². The van der Waals surface area contributed by atoms with E-state index in [1.54, 1.807) is 0 Å². The molecule has 0 fully saturated rings. The number of rotatable bonds is 44. The van der Waals surface area contributed by atoms with E-state index in [-0.39, 0.29) is 149 Å². The molecule has 868 valence electrons. The van der Waals surface area contributed by atoms with E-state index in [1.807, 2.05) is 37.4 Å². The maximum Gasteiger partial charge on any atom is 0.472 e. The molecule has 0 aliphatic carbocycles. The highest BCUT2D eigenvalue weighted by Gasteiger charge is 2.60. The predicted molar refractivity (Wildman–Crippen MR) is 711 cm³/mol. The smallest absolute Gasteiger partial charge is 0.437 e. The molecule has 0 aliphatic heterocycles. The first-order valence-corrected chi connectivity index (χ1v) is 121. The average molecular weight is 2440 g/mol. The van der Waals surface area contributed by atoms with Gasteiger partial charge in [-0.05, 0) is 390 Å². The summed E-state index contributed by atoms with van der Waals surface area (Å²) in [6, 6.07) is 20.6. The second-order valence-corrected chi connectivity index (χ2v) is 152. The Balaban J connectivity index is -0.0000000598.